The van der Waals surface area contributed by atoms with Crippen LogP contribution in [0.15, 0.2) is 45.3 Å². The minimum absolute atomic E-state index is 0.0928. The van der Waals surface area contributed by atoms with Crippen LogP contribution in [-0.2, 0) is 13.6 Å². The van der Waals surface area contributed by atoms with Crippen LogP contribution in [0, 0.1) is 0 Å². The van der Waals surface area contributed by atoms with E-state index in [1.165, 1.54) is 0 Å². The van der Waals surface area contributed by atoms with Crippen molar-refractivity contribution < 1.29 is 18.7 Å². The van der Waals surface area contributed by atoms with Gasteiger partial charge in [-0.25, -0.2) is 0 Å². The number of rotatable bonds is 9. The molecule has 0 bridgehead atoms. The lowest BCUT2D eigenvalue weighted by molar-refractivity contribution is 0.214. The topological polar surface area (TPSA) is 71.0 Å². The van der Waals surface area contributed by atoms with E-state index in [9.17, 15) is 9.67 Å². The molecule has 0 aliphatic rings. The molecule has 9 heteroatoms. The fourth-order valence-corrected chi connectivity index (χ4v) is 5.78. The maximum Gasteiger partial charge on any atom is 0.357 e. The van der Waals surface area contributed by atoms with Crippen molar-refractivity contribution in [2.75, 3.05) is 37.5 Å². The number of benzene rings is 2. The molecule has 28 heavy (non-hydrogen) atoms. The number of nitrogens with zero attached hydrogens (tertiary/aromatic N) is 1. The van der Waals surface area contributed by atoms with Crippen LogP contribution in [0.25, 0.3) is 0 Å². The summed E-state index contributed by atoms with van der Waals surface area (Å²) in [6.45, 7) is 4.08. The van der Waals surface area contributed by atoms with Gasteiger partial charge in [0, 0.05) is 25.5 Å². The highest BCUT2D eigenvalue weighted by Crippen LogP contribution is 2.61. The van der Waals surface area contributed by atoms with E-state index in [1.54, 1.807) is 26.0 Å². The number of aromatic hydroxyl groups is 1. The van der Waals surface area contributed by atoms with Crippen LogP contribution >= 0.6 is 39.5 Å². The molecule has 0 saturated carbocycles. The molecule has 0 heterocycles. The molecule has 2 aromatic rings. The van der Waals surface area contributed by atoms with E-state index in [1.807, 2.05) is 43.3 Å². The van der Waals surface area contributed by atoms with E-state index in [2.05, 4.69) is 37.2 Å². The van der Waals surface area contributed by atoms with Crippen LogP contribution in [0.2, 0.25) is 0 Å². The Morgan fingerprint density at radius 2 is 1.57 bits per heavy atom. The molecule has 0 fully saturated rings. The van der Waals surface area contributed by atoms with Gasteiger partial charge in [0.1, 0.15) is 5.75 Å². The van der Waals surface area contributed by atoms with Crippen LogP contribution < -0.4 is 10.2 Å². The first kappa shape index (κ1) is 23.2. The number of phenols is 1. The van der Waals surface area contributed by atoms with Gasteiger partial charge in [0.2, 0.25) is 0 Å². The maximum atomic E-state index is 13.6. The normalized spacial score (nSPS) is 12.6. The maximum absolute atomic E-state index is 13.6. The first-order chi connectivity index (χ1) is 13.2. The smallest absolute Gasteiger partial charge is 0.357 e. The van der Waals surface area contributed by atoms with Gasteiger partial charge in [0.05, 0.1) is 22.2 Å². The Labute approximate surface area is 183 Å². The summed E-state index contributed by atoms with van der Waals surface area (Å²) in [6, 6.07) is 11.1. The SMILES string of the molecule is CCOP(=O)(OCC)C(Nc1cc(Br)c(O)c(Br)c1)c1ccc(N(C)C)cc1. The third kappa shape index (κ3) is 5.51. The van der Waals surface area contributed by atoms with Gasteiger partial charge in [-0.3, -0.25) is 4.57 Å². The average Bonchev–Trinajstić information content (AvgIpc) is 2.64. The second-order valence-electron chi connectivity index (χ2n) is 6.20. The molecule has 0 spiro atoms. The summed E-state index contributed by atoms with van der Waals surface area (Å²) < 4.78 is 25.8. The number of anilines is 2. The molecular weight excluding hydrogens is 511 g/mol. The molecular formula is C19H25Br2N2O4P. The van der Waals surface area contributed by atoms with Crippen LogP contribution in [0.3, 0.4) is 0 Å². The van der Waals surface area contributed by atoms with E-state index < -0.39 is 13.4 Å². The highest BCUT2D eigenvalue weighted by molar-refractivity contribution is 9.11. The average molecular weight is 536 g/mol. The van der Waals surface area contributed by atoms with Gasteiger partial charge in [0.15, 0.2) is 5.78 Å². The third-order valence-electron chi connectivity index (χ3n) is 3.98. The molecule has 0 amide bonds. The largest absolute Gasteiger partial charge is 0.506 e. The van der Waals surface area contributed by atoms with Gasteiger partial charge >= 0.3 is 7.60 Å². The molecule has 2 N–H and O–H groups in total. The van der Waals surface area contributed by atoms with Crippen molar-refractivity contribution >= 4 is 50.8 Å². The zero-order valence-corrected chi connectivity index (χ0v) is 20.3. The van der Waals surface area contributed by atoms with E-state index in [0.717, 1.165) is 11.3 Å². The zero-order valence-electron chi connectivity index (χ0n) is 16.3. The number of phenolic OH excluding ortho intramolecular Hbond substituents is 1. The molecule has 0 aliphatic heterocycles. The van der Waals surface area contributed by atoms with Crippen molar-refractivity contribution in [3.8, 4) is 5.75 Å². The van der Waals surface area contributed by atoms with Crippen molar-refractivity contribution in [2.45, 2.75) is 19.6 Å². The summed E-state index contributed by atoms with van der Waals surface area (Å²) in [5, 5.41) is 13.2. The molecule has 2 rings (SSSR count). The Balaban J connectivity index is 2.50. The fraction of sp³-hybridized carbons (Fsp3) is 0.368. The van der Waals surface area contributed by atoms with Crippen molar-refractivity contribution in [3.63, 3.8) is 0 Å². The van der Waals surface area contributed by atoms with Gasteiger partial charge in [-0.2, -0.15) is 0 Å². The molecule has 6 nitrogen and oxygen atoms in total. The molecule has 2 aromatic carbocycles. The summed E-state index contributed by atoms with van der Waals surface area (Å²) in [4.78, 5) is 1.99. The van der Waals surface area contributed by atoms with Crippen molar-refractivity contribution in [1.82, 2.24) is 0 Å². The monoisotopic (exact) mass is 534 g/mol. The summed E-state index contributed by atoms with van der Waals surface area (Å²) in [6.07, 6.45) is 0. The summed E-state index contributed by atoms with van der Waals surface area (Å²) >= 11 is 6.65. The molecule has 154 valence electrons. The molecule has 0 aliphatic carbocycles. The van der Waals surface area contributed by atoms with Gasteiger partial charge in [-0.1, -0.05) is 12.1 Å². The predicted molar refractivity (Wildman–Crippen MR) is 121 cm³/mol. The Kier molecular flexibility index (Phi) is 8.40. The number of hydrogen-bond donors (Lipinski definition) is 2. The lowest BCUT2D eigenvalue weighted by Gasteiger charge is -2.28. The summed E-state index contributed by atoms with van der Waals surface area (Å²) in [5.41, 5.74) is 2.45. The lowest BCUT2D eigenvalue weighted by atomic mass is 10.2. The highest BCUT2D eigenvalue weighted by Gasteiger charge is 2.37. The zero-order chi connectivity index (χ0) is 20.9. The summed E-state index contributed by atoms with van der Waals surface area (Å²) in [5.74, 6) is -0.623. The second kappa shape index (κ2) is 10.1. The quantitative estimate of drug-likeness (QED) is 0.287. The Bertz CT molecular complexity index is 813. The number of hydrogen-bond acceptors (Lipinski definition) is 6. The first-order valence-corrected chi connectivity index (χ1v) is 12.0. The first-order valence-electron chi connectivity index (χ1n) is 8.82. The van der Waals surface area contributed by atoms with E-state index in [-0.39, 0.29) is 19.0 Å². The van der Waals surface area contributed by atoms with Gasteiger partial charge in [-0.05, 0) is 75.5 Å². The minimum Gasteiger partial charge on any atom is -0.506 e. The van der Waals surface area contributed by atoms with Gasteiger partial charge in [0.25, 0.3) is 0 Å². The molecule has 0 saturated heterocycles. The van der Waals surface area contributed by atoms with Crippen LogP contribution in [0.5, 0.6) is 5.75 Å². The van der Waals surface area contributed by atoms with E-state index >= 15 is 0 Å². The van der Waals surface area contributed by atoms with Crippen LogP contribution in [0.1, 0.15) is 25.2 Å². The molecule has 0 radical (unpaired) electrons. The van der Waals surface area contributed by atoms with E-state index in [0.29, 0.717) is 14.6 Å². The Morgan fingerprint density at radius 3 is 2.00 bits per heavy atom. The second-order valence-corrected chi connectivity index (χ2v) is 10.0. The minimum atomic E-state index is -3.52. The number of halogens is 2. The van der Waals surface area contributed by atoms with Crippen molar-refractivity contribution in [2.24, 2.45) is 0 Å². The Morgan fingerprint density at radius 1 is 1.07 bits per heavy atom. The molecule has 1 unspecified atom stereocenters. The highest BCUT2D eigenvalue weighted by atomic mass is 79.9. The predicted octanol–water partition coefficient (Wildman–Crippen LogP) is 6.36. The van der Waals surface area contributed by atoms with Crippen molar-refractivity contribution in [3.05, 3.63) is 50.9 Å². The summed E-state index contributed by atoms with van der Waals surface area (Å²) in [7, 11) is 0.404. The van der Waals surface area contributed by atoms with Crippen molar-refractivity contribution in [1.29, 1.82) is 0 Å². The van der Waals surface area contributed by atoms with Gasteiger partial charge in [-0.15, -0.1) is 0 Å². The van der Waals surface area contributed by atoms with Crippen LogP contribution in [0.4, 0.5) is 11.4 Å². The fourth-order valence-electron chi connectivity index (χ4n) is 2.65. The molecule has 0 aromatic heterocycles. The van der Waals surface area contributed by atoms with E-state index in [4.69, 9.17) is 9.05 Å². The number of nitrogens with one attached hydrogen (secondary N) is 1. The third-order valence-corrected chi connectivity index (χ3v) is 7.48. The van der Waals surface area contributed by atoms with Gasteiger partial charge < -0.3 is 24.4 Å². The lowest BCUT2D eigenvalue weighted by Crippen LogP contribution is -2.16. The van der Waals surface area contributed by atoms with Crippen LogP contribution in [-0.4, -0.2) is 32.4 Å². The Hall–Kier alpha value is -1.05. The standard InChI is InChI=1S/C19H25Br2N2O4P/c1-5-26-28(25,27-6-2)19(13-7-9-15(10-8-13)23(3)4)22-14-11-16(20)18(24)17(21)12-14/h7-12,19,22,24H,5-6H2,1-4H3. The molecule has 1 atom stereocenters.